The van der Waals surface area contributed by atoms with Gasteiger partial charge in [0.25, 0.3) is 0 Å². The summed E-state index contributed by atoms with van der Waals surface area (Å²) >= 11 is 0. The summed E-state index contributed by atoms with van der Waals surface area (Å²) < 4.78 is 7.57. The van der Waals surface area contributed by atoms with E-state index in [0.29, 0.717) is 5.88 Å². The number of aromatic nitrogens is 3. The summed E-state index contributed by atoms with van der Waals surface area (Å²) in [5.74, 6) is 1.30. The predicted octanol–water partition coefficient (Wildman–Crippen LogP) is 2.87. The van der Waals surface area contributed by atoms with Gasteiger partial charge in [0.15, 0.2) is 0 Å². The van der Waals surface area contributed by atoms with Crippen LogP contribution in [0.15, 0.2) is 42.7 Å². The minimum atomic E-state index is 0.556. The van der Waals surface area contributed by atoms with E-state index >= 15 is 0 Å². The van der Waals surface area contributed by atoms with Gasteiger partial charge in [-0.15, -0.1) is 0 Å². The number of hydrogen-bond donors (Lipinski definition) is 1. The largest absolute Gasteiger partial charge is 0.437 e. The van der Waals surface area contributed by atoms with Gasteiger partial charge in [-0.25, -0.2) is 9.50 Å². The van der Waals surface area contributed by atoms with Gasteiger partial charge in [0.1, 0.15) is 11.3 Å². The molecule has 3 aromatic rings. The lowest BCUT2D eigenvalue weighted by atomic mass is 10.3. The summed E-state index contributed by atoms with van der Waals surface area (Å²) in [5, 5.41) is 7.40. The molecule has 5 heteroatoms. The van der Waals surface area contributed by atoms with E-state index in [1.54, 1.807) is 16.9 Å². The number of anilines is 1. The Labute approximate surface area is 110 Å². The van der Waals surface area contributed by atoms with E-state index in [1.807, 2.05) is 44.3 Å². The number of nitrogens with zero attached hydrogens (tertiary/aromatic N) is 3. The molecule has 0 radical (unpaired) electrons. The molecule has 0 aliphatic heterocycles. The van der Waals surface area contributed by atoms with E-state index in [9.17, 15) is 0 Å². The lowest BCUT2D eigenvalue weighted by molar-refractivity contribution is 0.465. The van der Waals surface area contributed by atoms with Crippen LogP contribution >= 0.6 is 0 Å². The van der Waals surface area contributed by atoms with Crippen molar-refractivity contribution in [3.63, 3.8) is 0 Å². The topological polar surface area (TPSA) is 51.5 Å². The fourth-order valence-corrected chi connectivity index (χ4v) is 1.90. The number of benzene rings is 1. The first-order valence-electron chi connectivity index (χ1n) is 6.03. The van der Waals surface area contributed by atoms with E-state index in [2.05, 4.69) is 15.4 Å². The summed E-state index contributed by atoms with van der Waals surface area (Å²) in [5.41, 5.74) is 2.83. The molecule has 0 unspecified atom stereocenters. The Morgan fingerprint density at radius 1 is 1.21 bits per heavy atom. The maximum atomic E-state index is 5.80. The Bertz CT molecular complexity index is 703. The molecule has 0 atom stereocenters. The van der Waals surface area contributed by atoms with E-state index in [4.69, 9.17) is 4.74 Å². The first kappa shape index (κ1) is 11.5. The summed E-state index contributed by atoms with van der Waals surface area (Å²) in [6.07, 6.45) is 3.48. The summed E-state index contributed by atoms with van der Waals surface area (Å²) in [7, 11) is 1.88. The number of rotatable bonds is 3. The van der Waals surface area contributed by atoms with E-state index in [1.165, 1.54) is 0 Å². The second kappa shape index (κ2) is 4.61. The Kier molecular flexibility index (Phi) is 2.79. The summed E-state index contributed by atoms with van der Waals surface area (Å²) in [6, 6.07) is 9.67. The molecule has 0 amide bonds. The molecule has 5 nitrogen and oxygen atoms in total. The van der Waals surface area contributed by atoms with Crippen molar-refractivity contribution in [1.82, 2.24) is 14.6 Å². The Balaban J connectivity index is 1.95. The van der Waals surface area contributed by atoms with Gasteiger partial charge in [-0.2, -0.15) is 5.10 Å². The van der Waals surface area contributed by atoms with Gasteiger partial charge in [0.05, 0.1) is 5.69 Å². The van der Waals surface area contributed by atoms with Crippen molar-refractivity contribution < 1.29 is 4.74 Å². The number of aryl methyl sites for hydroxylation is 1. The molecule has 2 heterocycles. The highest BCUT2D eigenvalue weighted by molar-refractivity contribution is 5.58. The fraction of sp³-hybridized carbons (Fsp3) is 0.143. The van der Waals surface area contributed by atoms with Crippen LogP contribution in [-0.2, 0) is 0 Å². The van der Waals surface area contributed by atoms with Gasteiger partial charge in [-0.3, -0.25) is 0 Å². The number of hydrogen-bond acceptors (Lipinski definition) is 4. The van der Waals surface area contributed by atoms with Crippen LogP contribution in [0.25, 0.3) is 5.52 Å². The van der Waals surface area contributed by atoms with E-state index < -0.39 is 0 Å². The maximum absolute atomic E-state index is 5.80. The molecular formula is C14H14N4O. The Morgan fingerprint density at radius 3 is 2.74 bits per heavy atom. The molecule has 0 aliphatic carbocycles. The molecule has 3 rings (SSSR count). The van der Waals surface area contributed by atoms with Crippen LogP contribution in [0.2, 0.25) is 0 Å². The molecule has 0 saturated carbocycles. The normalized spacial score (nSPS) is 10.6. The van der Waals surface area contributed by atoms with Crippen LogP contribution < -0.4 is 10.1 Å². The highest BCUT2D eigenvalue weighted by Gasteiger charge is 2.07. The Morgan fingerprint density at radius 2 is 2.00 bits per heavy atom. The average molecular weight is 254 g/mol. The third kappa shape index (κ3) is 2.22. The maximum Gasteiger partial charge on any atom is 0.245 e. The molecular weight excluding hydrogens is 240 g/mol. The second-order valence-corrected chi connectivity index (χ2v) is 4.22. The van der Waals surface area contributed by atoms with Crippen molar-refractivity contribution in [2.45, 2.75) is 6.92 Å². The number of ether oxygens (including phenoxy) is 1. The molecule has 0 aliphatic rings. The first-order valence-corrected chi connectivity index (χ1v) is 6.03. The van der Waals surface area contributed by atoms with Gasteiger partial charge in [-0.1, -0.05) is 0 Å². The van der Waals surface area contributed by atoms with Gasteiger partial charge in [0.2, 0.25) is 5.88 Å². The van der Waals surface area contributed by atoms with Crippen molar-refractivity contribution in [2.75, 3.05) is 12.4 Å². The van der Waals surface area contributed by atoms with E-state index in [-0.39, 0.29) is 0 Å². The van der Waals surface area contributed by atoms with Crippen LogP contribution in [-0.4, -0.2) is 21.6 Å². The summed E-state index contributed by atoms with van der Waals surface area (Å²) in [6.45, 7) is 1.94. The average Bonchev–Trinajstić information content (AvgIpc) is 2.81. The van der Waals surface area contributed by atoms with Crippen LogP contribution in [0, 0.1) is 6.92 Å². The molecule has 0 bridgehead atoms. The standard InChI is InChI=1S/C14H14N4O/c1-10-9-13-14(16-7-8-18(13)17-10)19-12-5-3-11(15-2)4-6-12/h3-9,15H,1-2H3. The quantitative estimate of drug-likeness (QED) is 0.780. The lowest BCUT2D eigenvalue weighted by Gasteiger charge is -2.06. The van der Waals surface area contributed by atoms with Crippen molar-refractivity contribution in [1.29, 1.82) is 0 Å². The molecule has 96 valence electrons. The highest BCUT2D eigenvalue weighted by Crippen LogP contribution is 2.25. The van der Waals surface area contributed by atoms with Gasteiger partial charge in [0, 0.05) is 25.1 Å². The van der Waals surface area contributed by atoms with E-state index in [0.717, 1.165) is 22.6 Å². The molecule has 0 saturated heterocycles. The van der Waals surface area contributed by atoms with Crippen LogP contribution in [0.4, 0.5) is 5.69 Å². The first-order chi connectivity index (χ1) is 9.26. The van der Waals surface area contributed by atoms with Crippen LogP contribution in [0.1, 0.15) is 5.69 Å². The molecule has 1 aromatic carbocycles. The molecule has 1 N–H and O–H groups in total. The highest BCUT2D eigenvalue weighted by atomic mass is 16.5. The molecule has 0 spiro atoms. The minimum absolute atomic E-state index is 0.556. The zero-order valence-electron chi connectivity index (χ0n) is 10.8. The number of fused-ring (bicyclic) bond motifs is 1. The molecule has 0 fully saturated rings. The zero-order valence-corrected chi connectivity index (χ0v) is 10.8. The second-order valence-electron chi connectivity index (χ2n) is 4.22. The van der Waals surface area contributed by atoms with Crippen molar-refractivity contribution >= 4 is 11.2 Å². The van der Waals surface area contributed by atoms with Crippen molar-refractivity contribution in [3.05, 3.63) is 48.4 Å². The number of nitrogens with one attached hydrogen (secondary N) is 1. The summed E-state index contributed by atoms with van der Waals surface area (Å²) in [4.78, 5) is 4.26. The zero-order chi connectivity index (χ0) is 13.2. The predicted molar refractivity (Wildman–Crippen MR) is 73.8 cm³/mol. The fourth-order valence-electron chi connectivity index (χ4n) is 1.90. The van der Waals surface area contributed by atoms with Gasteiger partial charge >= 0.3 is 0 Å². The van der Waals surface area contributed by atoms with Gasteiger partial charge < -0.3 is 10.1 Å². The molecule has 19 heavy (non-hydrogen) atoms. The molecule has 2 aromatic heterocycles. The van der Waals surface area contributed by atoms with Crippen molar-refractivity contribution in [2.24, 2.45) is 0 Å². The minimum Gasteiger partial charge on any atom is -0.437 e. The Hall–Kier alpha value is -2.56. The van der Waals surface area contributed by atoms with Crippen LogP contribution in [0.5, 0.6) is 11.6 Å². The third-order valence-corrected chi connectivity index (χ3v) is 2.83. The monoisotopic (exact) mass is 254 g/mol. The smallest absolute Gasteiger partial charge is 0.245 e. The third-order valence-electron chi connectivity index (χ3n) is 2.83. The van der Waals surface area contributed by atoms with Crippen molar-refractivity contribution in [3.8, 4) is 11.6 Å². The van der Waals surface area contributed by atoms with Crippen LogP contribution in [0.3, 0.4) is 0 Å². The lowest BCUT2D eigenvalue weighted by Crippen LogP contribution is -1.94. The van der Waals surface area contributed by atoms with Gasteiger partial charge in [-0.05, 0) is 37.3 Å². The SMILES string of the molecule is CNc1ccc(Oc2nccn3nc(C)cc23)cc1.